The number of methoxy groups -OCH3 is 1. The second-order valence-corrected chi connectivity index (χ2v) is 6.57. The van der Waals surface area contributed by atoms with E-state index in [0.29, 0.717) is 6.61 Å². The van der Waals surface area contributed by atoms with E-state index < -0.39 is 0 Å². The van der Waals surface area contributed by atoms with Crippen LogP contribution >= 0.6 is 11.3 Å². The van der Waals surface area contributed by atoms with Crippen LogP contribution in [-0.2, 0) is 4.74 Å². The first-order chi connectivity index (χ1) is 10.5. The molecule has 0 saturated heterocycles. The molecule has 0 bridgehead atoms. The quantitative estimate of drug-likeness (QED) is 0.746. The van der Waals surface area contributed by atoms with Crippen molar-refractivity contribution >= 4 is 26.7 Å². The van der Waals surface area contributed by atoms with Crippen LogP contribution in [0.5, 0.6) is 11.5 Å². The molecule has 1 heterocycles. The van der Waals surface area contributed by atoms with Crippen LogP contribution in [-0.4, -0.2) is 37.5 Å². The molecule has 0 radical (unpaired) electrons. The molecule has 0 saturated carbocycles. The first kappa shape index (κ1) is 16.8. The summed E-state index contributed by atoms with van der Waals surface area (Å²) in [7, 11) is 1.68. The van der Waals surface area contributed by atoms with Crippen LogP contribution in [0.1, 0.15) is 27.7 Å². The van der Waals surface area contributed by atoms with E-state index in [1.165, 1.54) is 0 Å². The van der Waals surface area contributed by atoms with Crippen LogP contribution in [0.15, 0.2) is 12.1 Å². The summed E-state index contributed by atoms with van der Waals surface area (Å²) < 4.78 is 17.8. The van der Waals surface area contributed by atoms with Gasteiger partial charge in [-0.25, -0.2) is 4.98 Å². The summed E-state index contributed by atoms with van der Waals surface area (Å²) in [6.07, 6.45) is 0.209. The summed E-state index contributed by atoms with van der Waals surface area (Å²) in [5, 5.41) is 4.13. The van der Waals surface area contributed by atoms with Crippen LogP contribution in [0.2, 0.25) is 0 Å². The highest BCUT2D eigenvalue weighted by Crippen LogP contribution is 2.37. The Morgan fingerprint density at radius 2 is 1.86 bits per heavy atom. The number of thiazole rings is 1. The third-order valence-electron chi connectivity index (χ3n) is 2.75. The van der Waals surface area contributed by atoms with Crippen molar-refractivity contribution in [3.8, 4) is 11.5 Å². The average Bonchev–Trinajstić information content (AvgIpc) is 2.80. The van der Waals surface area contributed by atoms with E-state index in [0.717, 1.165) is 33.4 Å². The second kappa shape index (κ2) is 7.65. The van der Waals surface area contributed by atoms with Gasteiger partial charge < -0.3 is 19.5 Å². The molecule has 0 fully saturated rings. The van der Waals surface area contributed by atoms with Gasteiger partial charge in [-0.3, -0.25) is 0 Å². The van der Waals surface area contributed by atoms with Crippen LogP contribution in [0.4, 0.5) is 5.13 Å². The molecule has 0 aliphatic heterocycles. The van der Waals surface area contributed by atoms with Gasteiger partial charge in [0, 0.05) is 19.7 Å². The zero-order valence-corrected chi connectivity index (χ0v) is 14.6. The fraction of sp³-hybridized carbons (Fsp3) is 0.562. The average molecular weight is 324 g/mol. The third-order valence-corrected chi connectivity index (χ3v) is 3.71. The van der Waals surface area contributed by atoms with E-state index in [1.807, 2.05) is 39.8 Å². The van der Waals surface area contributed by atoms with E-state index in [2.05, 4.69) is 10.3 Å². The molecule has 1 aromatic carbocycles. The first-order valence-corrected chi connectivity index (χ1v) is 8.32. The van der Waals surface area contributed by atoms with Gasteiger partial charge in [-0.15, -0.1) is 0 Å². The molecule has 0 amide bonds. The van der Waals surface area contributed by atoms with Crippen molar-refractivity contribution in [1.29, 1.82) is 0 Å². The van der Waals surface area contributed by atoms with E-state index in [9.17, 15) is 0 Å². The van der Waals surface area contributed by atoms with E-state index in [-0.39, 0.29) is 12.2 Å². The fourth-order valence-corrected chi connectivity index (χ4v) is 2.93. The lowest BCUT2D eigenvalue weighted by molar-refractivity contribution is 0.211. The summed E-state index contributed by atoms with van der Waals surface area (Å²) in [6.45, 7) is 9.41. The Balaban J connectivity index is 2.33. The van der Waals surface area contributed by atoms with Gasteiger partial charge in [-0.1, -0.05) is 11.3 Å². The molecule has 0 unspecified atom stereocenters. The van der Waals surface area contributed by atoms with Gasteiger partial charge in [0.25, 0.3) is 0 Å². The first-order valence-electron chi connectivity index (χ1n) is 7.50. The maximum absolute atomic E-state index is 5.90. The Morgan fingerprint density at radius 3 is 2.50 bits per heavy atom. The second-order valence-electron chi connectivity index (χ2n) is 5.54. The highest BCUT2D eigenvalue weighted by Gasteiger charge is 2.14. The number of benzene rings is 1. The minimum Gasteiger partial charge on any atom is -0.491 e. The van der Waals surface area contributed by atoms with Gasteiger partial charge >= 0.3 is 0 Å². The third kappa shape index (κ3) is 4.48. The van der Waals surface area contributed by atoms with Crippen LogP contribution < -0.4 is 14.8 Å². The molecule has 1 N–H and O–H groups in total. The summed E-state index contributed by atoms with van der Waals surface area (Å²) in [4.78, 5) is 4.63. The SMILES string of the molecule is COCCNc1nc2c(OC(C)C)cc(OC(C)C)cc2s1. The molecule has 0 spiro atoms. The topological polar surface area (TPSA) is 52.6 Å². The van der Waals surface area contributed by atoms with Gasteiger partial charge in [0.2, 0.25) is 0 Å². The molecule has 5 nitrogen and oxygen atoms in total. The van der Waals surface area contributed by atoms with Gasteiger partial charge in [-0.2, -0.15) is 0 Å². The number of hydrogen-bond donors (Lipinski definition) is 1. The Hall–Kier alpha value is -1.53. The minimum absolute atomic E-state index is 0.0871. The molecular formula is C16H24N2O3S. The molecule has 0 atom stereocenters. The van der Waals surface area contributed by atoms with Crippen LogP contribution in [0.25, 0.3) is 10.2 Å². The molecule has 6 heteroatoms. The summed E-state index contributed by atoms with van der Waals surface area (Å²) >= 11 is 1.59. The zero-order chi connectivity index (χ0) is 16.1. The number of nitrogens with zero attached hydrogens (tertiary/aromatic N) is 1. The lowest BCUT2D eigenvalue weighted by Gasteiger charge is -2.14. The predicted octanol–water partition coefficient (Wildman–Crippen LogP) is 3.93. The number of rotatable bonds is 8. The molecule has 2 aromatic rings. The summed E-state index contributed by atoms with van der Waals surface area (Å²) in [6, 6.07) is 3.93. The highest BCUT2D eigenvalue weighted by atomic mass is 32.1. The molecule has 2 rings (SSSR count). The highest BCUT2D eigenvalue weighted by molar-refractivity contribution is 7.22. The van der Waals surface area contributed by atoms with Crippen molar-refractivity contribution in [3.05, 3.63) is 12.1 Å². The van der Waals surface area contributed by atoms with Crippen molar-refractivity contribution < 1.29 is 14.2 Å². The number of nitrogens with one attached hydrogen (secondary N) is 1. The molecule has 0 aliphatic carbocycles. The smallest absolute Gasteiger partial charge is 0.184 e. The molecule has 122 valence electrons. The molecule has 1 aromatic heterocycles. The number of fused-ring (bicyclic) bond motifs is 1. The Labute approximate surface area is 135 Å². The minimum atomic E-state index is 0.0871. The zero-order valence-electron chi connectivity index (χ0n) is 13.8. The van der Waals surface area contributed by atoms with Gasteiger partial charge in [0.15, 0.2) is 10.9 Å². The number of ether oxygens (including phenoxy) is 3. The largest absolute Gasteiger partial charge is 0.491 e. The van der Waals surface area contributed by atoms with E-state index in [4.69, 9.17) is 14.2 Å². The van der Waals surface area contributed by atoms with Gasteiger partial charge in [0.05, 0.1) is 23.5 Å². The standard InChI is InChI=1S/C16H24N2O3S/c1-10(2)20-12-8-13(21-11(3)4)15-14(9-12)22-16(18-15)17-6-7-19-5/h8-11H,6-7H2,1-5H3,(H,17,18). The number of aromatic nitrogens is 1. The van der Waals surface area contributed by atoms with Crippen molar-refractivity contribution in [1.82, 2.24) is 4.98 Å². The van der Waals surface area contributed by atoms with Crippen molar-refractivity contribution in [2.45, 2.75) is 39.9 Å². The van der Waals surface area contributed by atoms with Crippen LogP contribution in [0.3, 0.4) is 0 Å². The lowest BCUT2D eigenvalue weighted by atomic mass is 10.3. The van der Waals surface area contributed by atoms with Crippen LogP contribution in [0, 0.1) is 0 Å². The Kier molecular flexibility index (Phi) is 5.85. The molecular weight excluding hydrogens is 300 g/mol. The van der Waals surface area contributed by atoms with Crippen molar-refractivity contribution in [3.63, 3.8) is 0 Å². The van der Waals surface area contributed by atoms with Crippen molar-refractivity contribution in [2.24, 2.45) is 0 Å². The number of anilines is 1. The maximum Gasteiger partial charge on any atom is 0.184 e. The monoisotopic (exact) mass is 324 g/mol. The molecule has 0 aliphatic rings. The lowest BCUT2D eigenvalue weighted by Crippen LogP contribution is -2.08. The predicted molar refractivity (Wildman–Crippen MR) is 91.5 cm³/mol. The fourth-order valence-electron chi connectivity index (χ4n) is 1.99. The normalized spacial score (nSPS) is 11.4. The van der Waals surface area contributed by atoms with Gasteiger partial charge in [-0.05, 0) is 33.8 Å². The maximum atomic E-state index is 5.90. The van der Waals surface area contributed by atoms with Crippen molar-refractivity contribution in [2.75, 3.05) is 25.6 Å². The van der Waals surface area contributed by atoms with E-state index in [1.54, 1.807) is 18.4 Å². The summed E-state index contributed by atoms with van der Waals surface area (Å²) in [5.74, 6) is 1.57. The Bertz CT molecular complexity index is 611. The molecule has 22 heavy (non-hydrogen) atoms. The summed E-state index contributed by atoms with van der Waals surface area (Å²) in [5.41, 5.74) is 0.870. The number of hydrogen-bond acceptors (Lipinski definition) is 6. The van der Waals surface area contributed by atoms with Gasteiger partial charge in [0.1, 0.15) is 11.3 Å². The Morgan fingerprint density at radius 1 is 1.14 bits per heavy atom. The van der Waals surface area contributed by atoms with E-state index >= 15 is 0 Å².